The first-order valence-corrected chi connectivity index (χ1v) is 6.15. The van der Waals surface area contributed by atoms with Gasteiger partial charge in [-0.1, -0.05) is 18.2 Å². The molecular formula is C14H17N3O. The van der Waals surface area contributed by atoms with Crippen molar-refractivity contribution in [3.05, 3.63) is 54.6 Å². The average molecular weight is 243 g/mol. The van der Waals surface area contributed by atoms with Crippen LogP contribution in [0.3, 0.4) is 0 Å². The number of carbonyl (C=O) groups is 1. The smallest absolute Gasteiger partial charge is 0.251 e. The van der Waals surface area contributed by atoms with Gasteiger partial charge in [-0.3, -0.25) is 4.79 Å². The molecule has 0 aliphatic carbocycles. The molecule has 0 radical (unpaired) electrons. The number of benzene rings is 1. The Hall–Kier alpha value is -2.10. The molecule has 0 spiro atoms. The van der Waals surface area contributed by atoms with Gasteiger partial charge in [-0.05, 0) is 25.0 Å². The molecule has 1 aromatic heterocycles. The molecule has 4 nitrogen and oxygen atoms in total. The van der Waals surface area contributed by atoms with Crippen molar-refractivity contribution in [3.8, 4) is 0 Å². The fraction of sp³-hybridized carbons (Fsp3) is 0.286. The minimum atomic E-state index is -0.00164. The van der Waals surface area contributed by atoms with Crippen LogP contribution in [0.2, 0.25) is 0 Å². The van der Waals surface area contributed by atoms with Gasteiger partial charge in [0.25, 0.3) is 5.91 Å². The van der Waals surface area contributed by atoms with Crippen molar-refractivity contribution in [1.82, 2.24) is 14.9 Å². The molecule has 0 atom stereocenters. The van der Waals surface area contributed by atoms with Crippen molar-refractivity contribution in [2.24, 2.45) is 0 Å². The summed E-state index contributed by atoms with van der Waals surface area (Å²) in [5.41, 5.74) is 0.715. The fourth-order valence-electron chi connectivity index (χ4n) is 1.73. The van der Waals surface area contributed by atoms with E-state index in [1.165, 1.54) is 0 Å². The van der Waals surface area contributed by atoms with E-state index in [-0.39, 0.29) is 5.91 Å². The molecule has 0 fully saturated rings. The van der Waals surface area contributed by atoms with E-state index >= 15 is 0 Å². The zero-order chi connectivity index (χ0) is 12.6. The Bertz CT molecular complexity index is 465. The summed E-state index contributed by atoms with van der Waals surface area (Å²) in [4.78, 5) is 15.7. The second-order valence-corrected chi connectivity index (χ2v) is 4.13. The third kappa shape index (κ3) is 3.73. The Morgan fingerprint density at radius 1 is 1.22 bits per heavy atom. The summed E-state index contributed by atoms with van der Waals surface area (Å²) in [6.45, 7) is 1.66. The van der Waals surface area contributed by atoms with E-state index in [0.717, 1.165) is 19.4 Å². The maximum absolute atomic E-state index is 11.7. The molecule has 1 N–H and O–H groups in total. The molecule has 0 aliphatic rings. The zero-order valence-electron chi connectivity index (χ0n) is 10.2. The largest absolute Gasteiger partial charge is 0.352 e. The Kier molecular flexibility index (Phi) is 4.53. The van der Waals surface area contributed by atoms with Gasteiger partial charge in [0.2, 0.25) is 0 Å². The molecule has 0 saturated heterocycles. The quantitative estimate of drug-likeness (QED) is 0.790. The highest BCUT2D eigenvalue weighted by Gasteiger charge is 2.02. The van der Waals surface area contributed by atoms with E-state index in [2.05, 4.69) is 10.3 Å². The standard InChI is InChI=1S/C14H17N3O/c18-14(13-6-2-1-3-7-13)16-8-4-5-10-17-11-9-15-12-17/h1-3,6-7,9,11-12H,4-5,8,10H2,(H,16,18). The van der Waals surface area contributed by atoms with Gasteiger partial charge >= 0.3 is 0 Å². The van der Waals surface area contributed by atoms with E-state index in [9.17, 15) is 4.79 Å². The van der Waals surface area contributed by atoms with Gasteiger partial charge in [0.05, 0.1) is 6.33 Å². The number of nitrogens with one attached hydrogen (secondary N) is 1. The van der Waals surface area contributed by atoms with Crippen LogP contribution in [0.15, 0.2) is 49.1 Å². The highest BCUT2D eigenvalue weighted by atomic mass is 16.1. The van der Waals surface area contributed by atoms with Crippen molar-refractivity contribution in [1.29, 1.82) is 0 Å². The first kappa shape index (κ1) is 12.4. The number of hydrogen-bond donors (Lipinski definition) is 1. The number of nitrogens with zero attached hydrogens (tertiary/aromatic N) is 2. The molecule has 1 heterocycles. The van der Waals surface area contributed by atoms with E-state index in [1.54, 1.807) is 6.20 Å². The van der Waals surface area contributed by atoms with E-state index in [4.69, 9.17) is 0 Å². The van der Waals surface area contributed by atoms with E-state index in [0.29, 0.717) is 12.1 Å². The second-order valence-electron chi connectivity index (χ2n) is 4.13. The van der Waals surface area contributed by atoms with Crippen LogP contribution in [0.1, 0.15) is 23.2 Å². The summed E-state index contributed by atoms with van der Waals surface area (Å²) >= 11 is 0. The number of aryl methyl sites for hydroxylation is 1. The highest BCUT2D eigenvalue weighted by molar-refractivity contribution is 5.94. The third-order valence-corrected chi connectivity index (χ3v) is 2.72. The number of unbranched alkanes of at least 4 members (excludes halogenated alkanes) is 1. The topological polar surface area (TPSA) is 46.9 Å². The summed E-state index contributed by atoms with van der Waals surface area (Å²) in [6.07, 6.45) is 7.53. The molecule has 0 saturated carbocycles. The molecule has 2 rings (SSSR count). The molecular weight excluding hydrogens is 226 g/mol. The number of carbonyl (C=O) groups excluding carboxylic acids is 1. The van der Waals surface area contributed by atoms with Crippen LogP contribution in [-0.4, -0.2) is 22.0 Å². The van der Waals surface area contributed by atoms with Crippen molar-refractivity contribution >= 4 is 5.91 Å². The van der Waals surface area contributed by atoms with Gasteiger partial charge in [-0.15, -0.1) is 0 Å². The van der Waals surface area contributed by atoms with Gasteiger partial charge in [0, 0.05) is 31.0 Å². The lowest BCUT2D eigenvalue weighted by Gasteiger charge is -2.05. The third-order valence-electron chi connectivity index (χ3n) is 2.72. The summed E-state index contributed by atoms with van der Waals surface area (Å²) in [5, 5.41) is 2.92. The van der Waals surface area contributed by atoms with Crippen LogP contribution in [-0.2, 0) is 6.54 Å². The number of hydrogen-bond acceptors (Lipinski definition) is 2. The lowest BCUT2D eigenvalue weighted by molar-refractivity contribution is 0.0953. The monoisotopic (exact) mass is 243 g/mol. The Morgan fingerprint density at radius 2 is 2.06 bits per heavy atom. The fourth-order valence-corrected chi connectivity index (χ4v) is 1.73. The van der Waals surface area contributed by atoms with Crippen molar-refractivity contribution in [2.75, 3.05) is 6.54 Å². The molecule has 2 aromatic rings. The lowest BCUT2D eigenvalue weighted by Crippen LogP contribution is -2.24. The van der Waals surface area contributed by atoms with Gasteiger partial charge < -0.3 is 9.88 Å². The maximum atomic E-state index is 11.7. The molecule has 18 heavy (non-hydrogen) atoms. The molecule has 94 valence electrons. The summed E-state index contributed by atoms with van der Waals surface area (Å²) in [6, 6.07) is 9.28. The molecule has 0 unspecified atom stereocenters. The second kappa shape index (κ2) is 6.59. The predicted octanol–water partition coefficient (Wildman–Crippen LogP) is 2.09. The van der Waals surface area contributed by atoms with Crippen molar-refractivity contribution in [3.63, 3.8) is 0 Å². The Morgan fingerprint density at radius 3 is 2.78 bits per heavy atom. The van der Waals surface area contributed by atoms with E-state index in [1.807, 2.05) is 47.4 Å². The Balaban J connectivity index is 1.62. The van der Waals surface area contributed by atoms with Crippen molar-refractivity contribution < 1.29 is 4.79 Å². The summed E-state index contributed by atoms with van der Waals surface area (Å²) in [5.74, 6) is -0.00164. The predicted molar refractivity (Wildman–Crippen MR) is 70.2 cm³/mol. The molecule has 1 amide bonds. The average Bonchev–Trinajstić information content (AvgIpc) is 2.92. The minimum Gasteiger partial charge on any atom is -0.352 e. The minimum absolute atomic E-state index is 0.00164. The lowest BCUT2D eigenvalue weighted by atomic mass is 10.2. The van der Waals surface area contributed by atoms with Crippen LogP contribution in [0.25, 0.3) is 0 Å². The first-order chi connectivity index (χ1) is 8.86. The number of imidazole rings is 1. The Labute approximate surface area is 107 Å². The van der Waals surface area contributed by atoms with Crippen LogP contribution in [0.5, 0.6) is 0 Å². The van der Waals surface area contributed by atoms with Gasteiger partial charge in [-0.25, -0.2) is 4.98 Å². The summed E-state index contributed by atoms with van der Waals surface area (Å²) < 4.78 is 2.04. The number of amides is 1. The molecule has 1 aromatic carbocycles. The summed E-state index contributed by atoms with van der Waals surface area (Å²) in [7, 11) is 0. The molecule has 0 aliphatic heterocycles. The molecule has 0 bridgehead atoms. The van der Waals surface area contributed by atoms with Crippen LogP contribution >= 0.6 is 0 Å². The number of rotatable bonds is 6. The molecule has 4 heteroatoms. The van der Waals surface area contributed by atoms with E-state index < -0.39 is 0 Å². The van der Waals surface area contributed by atoms with Gasteiger partial charge in [-0.2, -0.15) is 0 Å². The highest BCUT2D eigenvalue weighted by Crippen LogP contribution is 1.98. The van der Waals surface area contributed by atoms with Gasteiger partial charge in [0.15, 0.2) is 0 Å². The normalized spacial score (nSPS) is 10.2. The van der Waals surface area contributed by atoms with Crippen LogP contribution < -0.4 is 5.32 Å². The van der Waals surface area contributed by atoms with Gasteiger partial charge in [0.1, 0.15) is 0 Å². The number of aromatic nitrogens is 2. The first-order valence-electron chi connectivity index (χ1n) is 6.15. The van der Waals surface area contributed by atoms with Crippen LogP contribution in [0.4, 0.5) is 0 Å². The SMILES string of the molecule is O=C(NCCCCn1ccnc1)c1ccccc1. The van der Waals surface area contributed by atoms with Crippen molar-refractivity contribution in [2.45, 2.75) is 19.4 Å². The zero-order valence-corrected chi connectivity index (χ0v) is 10.2. The maximum Gasteiger partial charge on any atom is 0.251 e. The van der Waals surface area contributed by atoms with Crippen LogP contribution in [0, 0.1) is 0 Å².